The first-order chi connectivity index (χ1) is 14.3. The van der Waals surface area contributed by atoms with E-state index < -0.39 is 5.67 Å². The maximum Gasteiger partial charge on any atom is 0.166 e. The van der Waals surface area contributed by atoms with Crippen molar-refractivity contribution in [1.82, 2.24) is 4.90 Å². The lowest BCUT2D eigenvalue weighted by Crippen LogP contribution is -2.49. The van der Waals surface area contributed by atoms with Crippen LogP contribution in [0.5, 0.6) is 0 Å². The Balaban J connectivity index is 1.30. The van der Waals surface area contributed by atoms with Crippen molar-refractivity contribution in [1.29, 1.82) is 0 Å². The van der Waals surface area contributed by atoms with Crippen molar-refractivity contribution in [3.05, 3.63) is 69.0 Å². The Bertz CT molecular complexity index is 997. The molecule has 5 rings (SSSR count). The zero-order valence-corrected chi connectivity index (χ0v) is 18.0. The molecule has 2 aromatic rings. The molecule has 2 bridgehead atoms. The number of hydrogen-bond acceptors (Lipinski definition) is 2. The molecule has 0 aromatic heterocycles. The molecule has 2 nitrogen and oxygen atoms in total. The Morgan fingerprint density at radius 1 is 1.07 bits per heavy atom. The van der Waals surface area contributed by atoms with E-state index in [0.717, 1.165) is 18.4 Å². The van der Waals surface area contributed by atoms with Crippen molar-refractivity contribution >= 4 is 29.0 Å². The van der Waals surface area contributed by atoms with Crippen molar-refractivity contribution in [2.45, 2.75) is 62.8 Å². The Kier molecular flexibility index (Phi) is 5.16. The van der Waals surface area contributed by atoms with Gasteiger partial charge in [-0.2, -0.15) is 0 Å². The SMILES string of the molecule is O=C1c2cc(Cl)c(Cl)cc2CC1CC1(F)CC2CCC(C1)N2Cc1ccccc1F. The summed E-state index contributed by atoms with van der Waals surface area (Å²) in [7, 11) is 0. The van der Waals surface area contributed by atoms with E-state index >= 15 is 4.39 Å². The largest absolute Gasteiger partial charge is 0.294 e. The van der Waals surface area contributed by atoms with Gasteiger partial charge in [-0.3, -0.25) is 9.69 Å². The Labute approximate surface area is 185 Å². The summed E-state index contributed by atoms with van der Waals surface area (Å²) in [6.45, 7) is 0.517. The number of benzene rings is 2. The molecule has 0 radical (unpaired) electrons. The lowest BCUT2D eigenvalue weighted by atomic mass is 9.79. The lowest BCUT2D eigenvalue weighted by Gasteiger charge is -2.43. The van der Waals surface area contributed by atoms with Crippen LogP contribution >= 0.6 is 23.2 Å². The summed E-state index contributed by atoms with van der Waals surface area (Å²) >= 11 is 12.2. The third-order valence-corrected chi connectivity index (χ3v) is 7.87. The van der Waals surface area contributed by atoms with Gasteiger partial charge in [-0.15, -0.1) is 0 Å². The van der Waals surface area contributed by atoms with E-state index in [4.69, 9.17) is 23.2 Å². The Morgan fingerprint density at radius 3 is 2.43 bits per heavy atom. The van der Waals surface area contributed by atoms with Crippen LogP contribution in [0.15, 0.2) is 36.4 Å². The standard InChI is InChI=1S/C24H23Cl2F2NO/c25-20-8-15-7-16(23(30)19(15)9-21(20)26)10-24(28)11-17-5-6-18(12-24)29(17)13-14-3-1-2-4-22(14)27/h1-4,8-9,16-18H,5-7,10-13H2. The summed E-state index contributed by atoms with van der Waals surface area (Å²) < 4.78 is 30.1. The van der Waals surface area contributed by atoms with Crippen LogP contribution in [-0.4, -0.2) is 28.4 Å². The third-order valence-electron chi connectivity index (χ3n) is 7.15. The molecule has 2 aromatic carbocycles. The normalized spacial score (nSPS) is 30.7. The minimum atomic E-state index is -1.37. The van der Waals surface area contributed by atoms with Gasteiger partial charge in [-0.1, -0.05) is 41.4 Å². The van der Waals surface area contributed by atoms with Gasteiger partial charge in [-0.05, 0) is 62.3 Å². The number of hydrogen-bond donors (Lipinski definition) is 0. The molecule has 30 heavy (non-hydrogen) atoms. The molecule has 3 atom stereocenters. The zero-order chi connectivity index (χ0) is 21.0. The van der Waals surface area contributed by atoms with Gasteiger partial charge in [0.2, 0.25) is 0 Å². The molecular formula is C24H23Cl2F2NO. The number of halogens is 4. The monoisotopic (exact) mass is 449 g/mol. The van der Waals surface area contributed by atoms with Crippen LogP contribution in [0.1, 0.15) is 53.6 Å². The molecule has 3 aliphatic rings. The number of carbonyl (C=O) groups is 1. The van der Waals surface area contributed by atoms with Crippen molar-refractivity contribution in [2.24, 2.45) is 5.92 Å². The van der Waals surface area contributed by atoms with Gasteiger partial charge in [0, 0.05) is 35.7 Å². The van der Waals surface area contributed by atoms with E-state index in [1.807, 2.05) is 6.07 Å². The molecule has 6 heteroatoms. The smallest absolute Gasteiger partial charge is 0.166 e. The average Bonchev–Trinajstić information content (AvgIpc) is 3.11. The van der Waals surface area contributed by atoms with E-state index in [9.17, 15) is 9.18 Å². The summed E-state index contributed by atoms with van der Waals surface area (Å²) in [6, 6.07) is 10.3. The van der Waals surface area contributed by atoms with Crippen LogP contribution in [0.3, 0.4) is 0 Å². The molecule has 2 aliphatic heterocycles. The van der Waals surface area contributed by atoms with E-state index in [-0.39, 0.29) is 36.0 Å². The van der Waals surface area contributed by atoms with E-state index in [1.165, 1.54) is 6.07 Å². The summed E-state index contributed by atoms with van der Waals surface area (Å²) in [5.74, 6) is -0.598. The average molecular weight is 450 g/mol. The number of rotatable bonds is 4. The van der Waals surface area contributed by atoms with Gasteiger partial charge in [0.15, 0.2) is 5.78 Å². The summed E-state index contributed by atoms with van der Waals surface area (Å²) in [5, 5.41) is 0.789. The summed E-state index contributed by atoms with van der Waals surface area (Å²) in [5.41, 5.74) is 0.741. The highest BCUT2D eigenvalue weighted by Gasteiger charge is 2.50. The second kappa shape index (κ2) is 7.58. The first kappa shape index (κ1) is 20.4. The zero-order valence-electron chi connectivity index (χ0n) is 16.5. The predicted molar refractivity (Wildman–Crippen MR) is 114 cm³/mol. The first-order valence-electron chi connectivity index (χ1n) is 10.5. The van der Waals surface area contributed by atoms with E-state index in [2.05, 4.69) is 4.90 Å². The van der Waals surface area contributed by atoms with Gasteiger partial charge < -0.3 is 0 Å². The summed E-state index contributed by atoms with van der Waals surface area (Å²) in [6.07, 6.45) is 3.41. The molecule has 158 valence electrons. The fourth-order valence-corrected chi connectivity index (χ4v) is 6.15. The Hall–Kier alpha value is -1.49. The number of Topliss-reactive ketones (excluding diaryl/α,β-unsaturated/α-hetero) is 1. The maximum atomic E-state index is 16.0. The van der Waals surface area contributed by atoms with Crippen molar-refractivity contribution in [2.75, 3.05) is 0 Å². The molecular weight excluding hydrogens is 427 g/mol. The minimum Gasteiger partial charge on any atom is -0.294 e. The Morgan fingerprint density at radius 2 is 1.73 bits per heavy atom. The molecule has 3 unspecified atom stereocenters. The fraction of sp³-hybridized carbons (Fsp3) is 0.458. The van der Waals surface area contributed by atoms with Gasteiger partial charge in [-0.25, -0.2) is 8.78 Å². The molecule has 0 spiro atoms. The lowest BCUT2D eigenvalue weighted by molar-refractivity contribution is -0.00689. The second-order valence-electron chi connectivity index (χ2n) is 9.10. The second-order valence-corrected chi connectivity index (χ2v) is 9.92. The highest BCUT2D eigenvalue weighted by Crippen LogP contribution is 2.48. The van der Waals surface area contributed by atoms with Crippen molar-refractivity contribution in [3.8, 4) is 0 Å². The van der Waals surface area contributed by atoms with Crippen LogP contribution in [0.4, 0.5) is 8.78 Å². The minimum absolute atomic E-state index is 0.0262. The van der Waals surface area contributed by atoms with Crippen molar-refractivity contribution < 1.29 is 13.6 Å². The van der Waals surface area contributed by atoms with Crippen LogP contribution in [-0.2, 0) is 13.0 Å². The predicted octanol–water partition coefficient (Wildman–Crippen LogP) is 6.41. The number of nitrogens with zero attached hydrogens (tertiary/aromatic N) is 1. The number of carbonyl (C=O) groups excluding carboxylic acids is 1. The number of alkyl halides is 1. The van der Waals surface area contributed by atoms with Crippen LogP contribution < -0.4 is 0 Å². The third kappa shape index (κ3) is 3.57. The topological polar surface area (TPSA) is 20.3 Å². The highest BCUT2D eigenvalue weighted by molar-refractivity contribution is 6.42. The summed E-state index contributed by atoms with van der Waals surface area (Å²) in [4.78, 5) is 15.1. The van der Waals surface area contributed by atoms with Gasteiger partial charge >= 0.3 is 0 Å². The van der Waals surface area contributed by atoms with Crippen molar-refractivity contribution in [3.63, 3.8) is 0 Å². The van der Waals surface area contributed by atoms with Gasteiger partial charge in [0.1, 0.15) is 11.5 Å². The van der Waals surface area contributed by atoms with Crippen LogP contribution in [0.2, 0.25) is 10.0 Å². The number of ketones is 1. The fourth-order valence-electron chi connectivity index (χ4n) is 5.80. The molecule has 2 fully saturated rings. The molecule has 0 amide bonds. The molecule has 0 N–H and O–H groups in total. The van der Waals surface area contributed by atoms with Crippen LogP contribution in [0, 0.1) is 11.7 Å². The molecule has 2 heterocycles. The van der Waals surface area contributed by atoms with Gasteiger partial charge in [0.25, 0.3) is 0 Å². The highest BCUT2D eigenvalue weighted by atomic mass is 35.5. The quantitative estimate of drug-likeness (QED) is 0.536. The number of piperidine rings is 1. The maximum absolute atomic E-state index is 16.0. The first-order valence-corrected chi connectivity index (χ1v) is 11.3. The molecule has 0 saturated carbocycles. The van der Waals surface area contributed by atoms with E-state index in [0.29, 0.717) is 47.0 Å². The molecule has 2 saturated heterocycles. The number of fused-ring (bicyclic) bond motifs is 3. The van der Waals surface area contributed by atoms with E-state index in [1.54, 1.807) is 24.3 Å². The molecule has 1 aliphatic carbocycles. The van der Waals surface area contributed by atoms with Crippen LogP contribution in [0.25, 0.3) is 0 Å². The van der Waals surface area contributed by atoms with Gasteiger partial charge in [0.05, 0.1) is 10.0 Å².